The Morgan fingerprint density at radius 1 is 1.21 bits per heavy atom. The molecule has 0 aliphatic carbocycles. The fourth-order valence-electron chi connectivity index (χ4n) is 1.17. The van der Waals surface area contributed by atoms with Gasteiger partial charge in [-0.3, -0.25) is 0 Å². The molecule has 0 N–H and O–H groups in total. The molecule has 0 aromatic carbocycles. The number of ether oxygens (including phenoxy) is 2. The van der Waals surface area contributed by atoms with Gasteiger partial charge in [0.25, 0.3) is 5.88 Å². The molecule has 0 bridgehead atoms. The van der Waals surface area contributed by atoms with Gasteiger partial charge in [-0.25, -0.2) is 4.68 Å². The van der Waals surface area contributed by atoms with Gasteiger partial charge >= 0.3 is 0 Å². The number of halogens is 1. The highest BCUT2D eigenvalue weighted by Gasteiger charge is 2.25. The summed E-state index contributed by atoms with van der Waals surface area (Å²) in [5.74, 6) is 1.26. The Labute approximate surface area is 92.3 Å². The van der Waals surface area contributed by atoms with Gasteiger partial charge in [0.2, 0.25) is 5.75 Å². The zero-order valence-electron chi connectivity index (χ0n) is 9.09. The lowest BCUT2D eigenvalue weighted by Gasteiger charge is -2.21. The Morgan fingerprint density at radius 3 is 2.14 bits per heavy atom. The van der Waals surface area contributed by atoms with Crippen LogP contribution in [0.3, 0.4) is 0 Å². The zero-order valence-corrected chi connectivity index (χ0v) is 10.7. The van der Waals surface area contributed by atoms with Gasteiger partial charge in [0.15, 0.2) is 4.60 Å². The second-order valence-electron chi connectivity index (χ2n) is 3.92. The van der Waals surface area contributed by atoms with Crippen molar-refractivity contribution in [3.05, 3.63) is 4.60 Å². The van der Waals surface area contributed by atoms with Crippen molar-refractivity contribution < 1.29 is 9.47 Å². The fourth-order valence-corrected chi connectivity index (χ4v) is 1.66. The molecule has 80 valence electrons. The standard InChI is InChI=1S/C9H15BrN2O2/c1-9(2,3)12-8(14-5)6(13-4)7(10)11-12/h1-5H3. The van der Waals surface area contributed by atoms with Crippen molar-refractivity contribution in [2.24, 2.45) is 0 Å². The molecule has 0 spiro atoms. The molecule has 1 aromatic heterocycles. The average Bonchev–Trinajstić information content (AvgIpc) is 2.40. The Kier molecular flexibility index (Phi) is 3.09. The largest absolute Gasteiger partial charge is 0.489 e. The van der Waals surface area contributed by atoms with Crippen molar-refractivity contribution in [2.75, 3.05) is 14.2 Å². The maximum atomic E-state index is 5.26. The molecule has 0 unspecified atom stereocenters. The minimum atomic E-state index is -0.134. The third-order valence-electron chi connectivity index (χ3n) is 1.79. The highest BCUT2D eigenvalue weighted by Crippen LogP contribution is 2.37. The monoisotopic (exact) mass is 262 g/mol. The molecular weight excluding hydrogens is 248 g/mol. The summed E-state index contributed by atoms with van der Waals surface area (Å²) >= 11 is 3.32. The molecule has 1 aromatic rings. The van der Waals surface area contributed by atoms with Crippen molar-refractivity contribution in [3.63, 3.8) is 0 Å². The number of aromatic nitrogens is 2. The van der Waals surface area contributed by atoms with Crippen LogP contribution >= 0.6 is 15.9 Å². The Balaban J connectivity index is 3.31. The third kappa shape index (κ3) is 1.87. The van der Waals surface area contributed by atoms with Gasteiger partial charge in [-0.1, -0.05) is 0 Å². The third-order valence-corrected chi connectivity index (χ3v) is 2.31. The van der Waals surface area contributed by atoms with Gasteiger partial charge in [-0.05, 0) is 36.7 Å². The Hall–Kier alpha value is -0.710. The van der Waals surface area contributed by atoms with E-state index in [-0.39, 0.29) is 5.54 Å². The van der Waals surface area contributed by atoms with Gasteiger partial charge in [0.1, 0.15) is 0 Å². The van der Waals surface area contributed by atoms with E-state index in [2.05, 4.69) is 41.8 Å². The second kappa shape index (κ2) is 3.81. The van der Waals surface area contributed by atoms with Gasteiger partial charge < -0.3 is 9.47 Å². The van der Waals surface area contributed by atoms with Crippen LogP contribution < -0.4 is 9.47 Å². The number of methoxy groups -OCH3 is 2. The molecule has 0 fully saturated rings. The second-order valence-corrected chi connectivity index (χ2v) is 4.67. The minimum Gasteiger partial charge on any atom is -0.489 e. The maximum Gasteiger partial charge on any atom is 0.257 e. The van der Waals surface area contributed by atoms with Crippen LogP contribution in [-0.2, 0) is 5.54 Å². The lowest BCUT2D eigenvalue weighted by molar-refractivity contribution is 0.270. The van der Waals surface area contributed by atoms with Crippen LogP contribution in [0.15, 0.2) is 4.60 Å². The van der Waals surface area contributed by atoms with Crippen molar-refractivity contribution >= 4 is 15.9 Å². The predicted octanol–water partition coefficient (Wildman–Crippen LogP) is 2.42. The molecule has 0 amide bonds. The number of rotatable bonds is 2. The van der Waals surface area contributed by atoms with Crippen LogP contribution in [0.4, 0.5) is 0 Å². The van der Waals surface area contributed by atoms with Crippen molar-refractivity contribution in [1.29, 1.82) is 0 Å². The van der Waals surface area contributed by atoms with E-state index in [4.69, 9.17) is 9.47 Å². The number of hydrogen-bond acceptors (Lipinski definition) is 3. The van der Waals surface area contributed by atoms with Crippen LogP contribution in [0.25, 0.3) is 0 Å². The first-order chi connectivity index (χ1) is 6.41. The maximum absolute atomic E-state index is 5.26. The van der Waals surface area contributed by atoms with Crippen LogP contribution in [0.2, 0.25) is 0 Å². The van der Waals surface area contributed by atoms with Gasteiger partial charge in [-0.2, -0.15) is 5.10 Å². The predicted molar refractivity (Wildman–Crippen MR) is 58.0 cm³/mol. The first kappa shape index (κ1) is 11.4. The van der Waals surface area contributed by atoms with Gasteiger partial charge in [0.05, 0.1) is 19.8 Å². The summed E-state index contributed by atoms with van der Waals surface area (Å²) in [7, 11) is 3.20. The van der Waals surface area contributed by atoms with Crippen LogP contribution in [0.1, 0.15) is 20.8 Å². The van der Waals surface area contributed by atoms with E-state index in [0.717, 1.165) is 0 Å². The summed E-state index contributed by atoms with van der Waals surface area (Å²) < 4.78 is 12.9. The fraction of sp³-hybridized carbons (Fsp3) is 0.667. The first-order valence-electron chi connectivity index (χ1n) is 4.28. The van der Waals surface area contributed by atoms with Crippen LogP contribution in [-0.4, -0.2) is 24.0 Å². The molecule has 14 heavy (non-hydrogen) atoms. The molecule has 0 atom stereocenters. The molecule has 4 nitrogen and oxygen atoms in total. The minimum absolute atomic E-state index is 0.134. The molecule has 1 rings (SSSR count). The Bertz CT molecular complexity index is 328. The number of nitrogens with zero attached hydrogens (tertiary/aromatic N) is 2. The summed E-state index contributed by atoms with van der Waals surface area (Å²) in [4.78, 5) is 0. The summed E-state index contributed by atoms with van der Waals surface area (Å²) in [5, 5.41) is 4.31. The molecule has 0 radical (unpaired) electrons. The van der Waals surface area contributed by atoms with Gasteiger partial charge in [-0.15, -0.1) is 0 Å². The van der Waals surface area contributed by atoms with E-state index in [1.165, 1.54) is 0 Å². The lowest BCUT2D eigenvalue weighted by Crippen LogP contribution is -2.23. The van der Waals surface area contributed by atoms with E-state index >= 15 is 0 Å². The molecular formula is C9H15BrN2O2. The van der Waals surface area contributed by atoms with Crippen molar-refractivity contribution in [2.45, 2.75) is 26.3 Å². The molecule has 1 heterocycles. The zero-order chi connectivity index (χ0) is 10.9. The quantitative estimate of drug-likeness (QED) is 0.822. The van der Waals surface area contributed by atoms with Gasteiger partial charge in [0, 0.05) is 0 Å². The molecule has 5 heteroatoms. The topological polar surface area (TPSA) is 36.3 Å². The van der Waals surface area contributed by atoms with E-state index in [1.54, 1.807) is 18.9 Å². The van der Waals surface area contributed by atoms with E-state index in [9.17, 15) is 0 Å². The smallest absolute Gasteiger partial charge is 0.257 e. The van der Waals surface area contributed by atoms with E-state index in [0.29, 0.717) is 16.2 Å². The van der Waals surface area contributed by atoms with Crippen LogP contribution in [0, 0.1) is 0 Å². The summed E-state index contributed by atoms with van der Waals surface area (Å²) in [6.45, 7) is 6.15. The molecule has 0 aliphatic heterocycles. The summed E-state index contributed by atoms with van der Waals surface area (Å²) in [6, 6.07) is 0. The van der Waals surface area contributed by atoms with E-state index < -0.39 is 0 Å². The average molecular weight is 263 g/mol. The Morgan fingerprint density at radius 2 is 1.79 bits per heavy atom. The highest BCUT2D eigenvalue weighted by atomic mass is 79.9. The summed E-state index contributed by atoms with van der Waals surface area (Å²) in [6.07, 6.45) is 0. The normalized spacial score (nSPS) is 11.6. The number of hydrogen-bond donors (Lipinski definition) is 0. The van der Waals surface area contributed by atoms with Crippen molar-refractivity contribution in [3.8, 4) is 11.6 Å². The first-order valence-corrected chi connectivity index (χ1v) is 5.08. The molecule has 0 aliphatic rings. The molecule has 0 saturated heterocycles. The van der Waals surface area contributed by atoms with Crippen molar-refractivity contribution in [1.82, 2.24) is 9.78 Å². The highest BCUT2D eigenvalue weighted by molar-refractivity contribution is 9.10. The molecule has 0 saturated carbocycles. The van der Waals surface area contributed by atoms with E-state index in [1.807, 2.05) is 0 Å². The summed E-state index contributed by atoms with van der Waals surface area (Å²) in [5.41, 5.74) is -0.134. The SMILES string of the molecule is COc1c(Br)nn(C(C)(C)C)c1OC. The lowest BCUT2D eigenvalue weighted by atomic mass is 10.1. The van der Waals surface area contributed by atoms with Crippen LogP contribution in [0.5, 0.6) is 11.6 Å².